The monoisotopic (exact) mass is 339 g/mol. The molecule has 1 aromatic heterocycles. The van der Waals surface area contributed by atoms with Gasteiger partial charge in [0.2, 0.25) is 5.91 Å². The Morgan fingerprint density at radius 3 is 2.76 bits per heavy atom. The highest BCUT2D eigenvalue weighted by atomic mass is 16.5. The molecule has 2 amide bonds. The summed E-state index contributed by atoms with van der Waals surface area (Å²) >= 11 is 0. The summed E-state index contributed by atoms with van der Waals surface area (Å²) in [6.07, 6.45) is 2.08. The van der Waals surface area contributed by atoms with Gasteiger partial charge in [-0.2, -0.15) is 0 Å². The van der Waals surface area contributed by atoms with Gasteiger partial charge in [0.05, 0.1) is 11.1 Å². The standard InChI is InChI=1S/C19H21N3O3/c1-13-15(11-25-20-13)17(23)22-9-8-19(12-22)16(10-21(2)18(19)24)14-6-4-3-5-7-14/h3-7,11,16H,8-10,12H2,1-2H3/t16-,19+/m0/s1. The zero-order valence-corrected chi connectivity index (χ0v) is 14.4. The molecule has 0 saturated carbocycles. The van der Waals surface area contributed by atoms with Crippen molar-refractivity contribution < 1.29 is 14.1 Å². The average Bonchev–Trinajstić information content (AvgIpc) is 3.31. The molecule has 4 rings (SSSR count). The van der Waals surface area contributed by atoms with E-state index in [-0.39, 0.29) is 17.7 Å². The van der Waals surface area contributed by atoms with Crippen LogP contribution in [0.1, 0.15) is 34.0 Å². The van der Waals surface area contributed by atoms with E-state index in [2.05, 4.69) is 17.3 Å². The fraction of sp³-hybridized carbons (Fsp3) is 0.421. The van der Waals surface area contributed by atoms with Gasteiger partial charge in [-0.05, 0) is 18.9 Å². The summed E-state index contributed by atoms with van der Waals surface area (Å²) in [5.74, 6) is 0.135. The topological polar surface area (TPSA) is 66.7 Å². The van der Waals surface area contributed by atoms with E-state index in [0.29, 0.717) is 37.3 Å². The zero-order valence-electron chi connectivity index (χ0n) is 14.4. The molecule has 2 aliphatic rings. The summed E-state index contributed by atoms with van der Waals surface area (Å²) in [6.45, 7) is 3.46. The Hall–Kier alpha value is -2.63. The molecule has 2 saturated heterocycles. The van der Waals surface area contributed by atoms with Crippen LogP contribution in [0.2, 0.25) is 0 Å². The molecule has 2 aromatic rings. The minimum Gasteiger partial charge on any atom is -0.364 e. The fourth-order valence-corrected chi connectivity index (χ4v) is 4.30. The molecule has 0 unspecified atom stereocenters. The van der Waals surface area contributed by atoms with Crippen LogP contribution in [0.3, 0.4) is 0 Å². The molecule has 1 aromatic carbocycles. The van der Waals surface area contributed by atoms with Gasteiger partial charge < -0.3 is 14.3 Å². The van der Waals surface area contributed by atoms with Crippen molar-refractivity contribution in [2.45, 2.75) is 19.3 Å². The van der Waals surface area contributed by atoms with Gasteiger partial charge in [-0.1, -0.05) is 35.5 Å². The maximum Gasteiger partial charge on any atom is 0.259 e. The molecule has 0 bridgehead atoms. The van der Waals surface area contributed by atoms with E-state index in [1.807, 2.05) is 25.2 Å². The van der Waals surface area contributed by atoms with Crippen molar-refractivity contribution in [1.82, 2.24) is 15.0 Å². The lowest BCUT2D eigenvalue weighted by molar-refractivity contribution is -0.134. The highest BCUT2D eigenvalue weighted by Crippen LogP contribution is 2.49. The van der Waals surface area contributed by atoms with Crippen molar-refractivity contribution in [3.8, 4) is 0 Å². The van der Waals surface area contributed by atoms with Gasteiger partial charge >= 0.3 is 0 Å². The molecule has 25 heavy (non-hydrogen) atoms. The summed E-state index contributed by atoms with van der Waals surface area (Å²) in [6, 6.07) is 10.1. The molecule has 3 heterocycles. The second kappa shape index (κ2) is 5.72. The number of aryl methyl sites for hydroxylation is 1. The van der Waals surface area contributed by atoms with Gasteiger partial charge in [-0.3, -0.25) is 9.59 Å². The lowest BCUT2D eigenvalue weighted by Crippen LogP contribution is -2.39. The first-order valence-electron chi connectivity index (χ1n) is 8.54. The van der Waals surface area contributed by atoms with E-state index < -0.39 is 5.41 Å². The number of rotatable bonds is 2. The van der Waals surface area contributed by atoms with Crippen molar-refractivity contribution in [3.05, 3.63) is 53.4 Å². The number of amides is 2. The first kappa shape index (κ1) is 15.9. The van der Waals surface area contributed by atoms with Crippen molar-refractivity contribution in [2.75, 3.05) is 26.7 Å². The molecule has 6 nitrogen and oxygen atoms in total. The maximum atomic E-state index is 13.0. The third kappa shape index (κ3) is 2.35. The molecule has 6 heteroatoms. The van der Waals surface area contributed by atoms with Crippen molar-refractivity contribution in [3.63, 3.8) is 0 Å². The third-order valence-corrected chi connectivity index (χ3v) is 5.67. The molecule has 0 aliphatic carbocycles. The molecule has 0 N–H and O–H groups in total. The quantitative estimate of drug-likeness (QED) is 0.840. The van der Waals surface area contributed by atoms with Gasteiger partial charge in [0, 0.05) is 32.6 Å². The predicted molar refractivity (Wildman–Crippen MR) is 91.0 cm³/mol. The van der Waals surface area contributed by atoms with Crippen LogP contribution in [-0.4, -0.2) is 53.5 Å². The number of nitrogens with zero attached hydrogens (tertiary/aromatic N) is 3. The number of hydrogen-bond donors (Lipinski definition) is 0. The van der Waals surface area contributed by atoms with Gasteiger partial charge in [0.15, 0.2) is 0 Å². The van der Waals surface area contributed by atoms with Gasteiger partial charge in [0.25, 0.3) is 5.91 Å². The molecule has 0 radical (unpaired) electrons. The van der Waals surface area contributed by atoms with Crippen LogP contribution >= 0.6 is 0 Å². The van der Waals surface area contributed by atoms with E-state index in [4.69, 9.17) is 4.52 Å². The second-order valence-corrected chi connectivity index (χ2v) is 7.10. The zero-order chi connectivity index (χ0) is 17.6. The van der Waals surface area contributed by atoms with E-state index in [9.17, 15) is 9.59 Å². The molecule has 2 aliphatic heterocycles. The number of hydrogen-bond acceptors (Lipinski definition) is 4. The van der Waals surface area contributed by atoms with Gasteiger partial charge in [0.1, 0.15) is 11.8 Å². The Morgan fingerprint density at radius 1 is 1.32 bits per heavy atom. The van der Waals surface area contributed by atoms with Gasteiger partial charge in [-0.15, -0.1) is 0 Å². The Bertz CT molecular complexity index is 816. The highest BCUT2D eigenvalue weighted by molar-refractivity contribution is 5.96. The Labute approximate surface area is 146 Å². The third-order valence-electron chi connectivity index (χ3n) is 5.67. The molecule has 130 valence electrons. The van der Waals surface area contributed by atoms with E-state index in [1.54, 1.807) is 16.7 Å². The van der Waals surface area contributed by atoms with Crippen molar-refractivity contribution in [2.24, 2.45) is 5.41 Å². The lowest BCUT2D eigenvalue weighted by Gasteiger charge is -2.28. The van der Waals surface area contributed by atoms with Crippen LogP contribution in [0.5, 0.6) is 0 Å². The summed E-state index contributed by atoms with van der Waals surface area (Å²) < 4.78 is 4.90. The summed E-state index contributed by atoms with van der Waals surface area (Å²) in [4.78, 5) is 29.4. The van der Waals surface area contributed by atoms with Crippen LogP contribution in [0.25, 0.3) is 0 Å². The number of carbonyl (C=O) groups excluding carboxylic acids is 2. The van der Waals surface area contributed by atoms with Crippen LogP contribution in [0.15, 0.2) is 41.1 Å². The van der Waals surface area contributed by atoms with Crippen LogP contribution in [-0.2, 0) is 4.79 Å². The highest BCUT2D eigenvalue weighted by Gasteiger charge is 2.57. The lowest BCUT2D eigenvalue weighted by atomic mass is 9.73. The minimum atomic E-state index is -0.531. The SMILES string of the molecule is Cc1nocc1C(=O)N1CC[C@]2(C1)C(=O)N(C)C[C@H]2c1ccccc1. The second-order valence-electron chi connectivity index (χ2n) is 7.10. The van der Waals surface area contributed by atoms with E-state index in [0.717, 1.165) is 5.56 Å². The average molecular weight is 339 g/mol. The van der Waals surface area contributed by atoms with E-state index in [1.165, 1.54) is 6.26 Å². The predicted octanol–water partition coefficient (Wildman–Crippen LogP) is 2.07. The number of likely N-dealkylation sites (N-methyl/N-ethyl adjacent to an activating group) is 1. The van der Waals surface area contributed by atoms with E-state index >= 15 is 0 Å². The first-order chi connectivity index (χ1) is 12.0. The number of likely N-dealkylation sites (tertiary alicyclic amines) is 2. The minimum absolute atomic E-state index is 0.104. The van der Waals surface area contributed by atoms with Crippen LogP contribution < -0.4 is 0 Å². The van der Waals surface area contributed by atoms with Crippen molar-refractivity contribution in [1.29, 1.82) is 0 Å². The smallest absolute Gasteiger partial charge is 0.259 e. The first-order valence-corrected chi connectivity index (χ1v) is 8.54. The molecule has 2 fully saturated rings. The number of aromatic nitrogens is 1. The Balaban J connectivity index is 1.65. The largest absolute Gasteiger partial charge is 0.364 e. The molecule has 1 spiro atoms. The molecular weight excluding hydrogens is 318 g/mol. The fourth-order valence-electron chi connectivity index (χ4n) is 4.30. The van der Waals surface area contributed by atoms with Crippen LogP contribution in [0, 0.1) is 12.3 Å². The maximum absolute atomic E-state index is 13.0. The Morgan fingerprint density at radius 2 is 2.08 bits per heavy atom. The molecular formula is C19H21N3O3. The summed E-state index contributed by atoms with van der Waals surface area (Å²) in [5.41, 5.74) is 1.69. The normalized spacial score (nSPS) is 26.0. The Kier molecular flexibility index (Phi) is 3.63. The number of carbonyl (C=O) groups is 2. The number of benzene rings is 1. The van der Waals surface area contributed by atoms with Crippen LogP contribution in [0.4, 0.5) is 0 Å². The molecule has 2 atom stereocenters. The summed E-state index contributed by atoms with van der Waals surface area (Å²) in [7, 11) is 1.85. The van der Waals surface area contributed by atoms with Gasteiger partial charge in [-0.25, -0.2) is 0 Å². The summed E-state index contributed by atoms with van der Waals surface area (Å²) in [5, 5.41) is 3.79. The van der Waals surface area contributed by atoms with Crippen molar-refractivity contribution >= 4 is 11.8 Å².